The summed E-state index contributed by atoms with van der Waals surface area (Å²) in [6.07, 6.45) is 3.63. The van der Waals surface area contributed by atoms with Crippen LogP contribution in [-0.2, 0) is 35.7 Å². The van der Waals surface area contributed by atoms with Crippen molar-refractivity contribution in [1.82, 2.24) is 24.8 Å². The number of nitrogens with zero attached hydrogens (tertiary/aromatic N) is 3. The number of carbonyl (C=O) groups excluding carboxylic acids is 3. The van der Waals surface area contributed by atoms with Crippen molar-refractivity contribution in [2.45, 2.75) is 72.1 Å². The van der Waals surface area contributed by atoms with E-state index in [9.17, 15) is 14.4 Å². The summed E-state index contributed by atoms with van der Waals surface area (Å²) in [6.45, 7) is 10.2. The zero-order valence-electron chi connectivity index (χ0n) is 29.4. The number of aryl methyl sites for hydroxylation is 3. The Labute approximate surface area is 281 Å². The Kier molecular flexibility index (Phi) is 9.75. The van der Waals surface area contributed by atoms with Gasteiger partial charge in [-0.3, -0.25) is 19.4 Å². The number of esters is 2. The lowest BCUT2D eigenvalue weighted by Gasteiger charge is -2.27. The lowest BCUT2D eigenvalue weighted by Crippen LogP contribution is -2.31. The minimum atomic E-state index is -0.696. The number of H-pyrrole nitrogens is 2. The van der Waals surface area contributed by atoms with E-state index in [2.05, 4.69) is 36.0 Å². The van der Waals surface area contributed by atoms with Crippen molar-refractivity contribution in [3.63, 3.8) is 0 Å². The molecule has 1 amide bonds. The van der Waals surface area contributed by atoms with E-state index in [0.717, 1.165) is 78.3 Å². The van der Waals surface area contributed by atoms with Gasteiger partial charge in [-0.15, -0.1) is 0 Å². The third kappa shape index (κ3) is 6.56. The molecule has 2 N–H and O–H groups in total. The smallest absolute Gasteiger partial charge is 0.305 e. The minimum Gasteiger partial charge on any atom is -0.469 e. The number of hydrogen-bond donors (Lipinski definition) is 2. The van der Waals surface area contributed by atoms with Gasteiger partial charge in [0, 0.05) is 60.8 Å². The fourth-order valence-electron chi connectivity index (χ4n) is 6.66. The molecular weight excluding hydrogens is 606 g/mol. The van der Waals surface area contributed by atoms with Crippen LogP contribution in [0.1, 0.15) is 85.9 Å². The molecule has 5 heterocycles. The summed E-state index contributed by atoms with van der Waals surface area (Å²) in [6, 6.07) is 10.2. The molecule has 0 unspecified atom stereocenters. The number of hydrogen-bond acceptors (Lipinski definition) is 7. The highest BCUT2D eigenvalue weighted by atomic mass is 16.5. The van der Waals surface area contributed by atoms with Crippen LogP contribution in [0.3, 0.4) is 0 Å². The molecule has 3 aromatic rings. The lowest BCUT2D eigenvalue weighted by molar-refractivity contribution is -0.141. The molecule has 5 rings (SSSR count). The summed E-state index contributed by atoms with van der Waals surface area (Å²) < 4.78 is 9.92. The molecule has 0 fully saturated rings. The molecule has 10 nitrogen and oxygen atoms in total. The number of rotatable bonds is 8. The first-order valence-electron chi connectivity index (χ1n) is 16.2. The molecule has 0 spiro atoms. The van der Waals surface area contributed by atoms with Gasteiger partial charge in [-0.25, -0.2) is 4.98 Å². The molecule has 0 aliphatic carbocycles. The van der Waals surface area contributed by atoms with Gasteiger partial charge in [0.25, 0.3) is 0 Å². The van der Waals surface area contributed by atoms with Crippen LogP contribution < -0.4 is 0 Å². The number of nitrogens with one attached hydrogen (secondary N) is 2. The first-order chi connectivity index (χ1) is 22.8. The summed E-state index contributed by atoms with van der Waals surface area (Å²) in [7, 11) is 6.32. The maximum absolute atomic E-state index is 13.3. The standard InChI is InChI=1S/C38H45N5O5/c1-10-27-33-17-28-21(2)15-24(39-28)16-29-22(3)25(11-13-36(45)47-8)31(40-29)18-32-26(12-14-37(46)48-9)23(4)30(41-32)19-34(42-33)38(27,5)20-35(44)43(6)7/h10,15-19,39,41H,11-14,20H2,1-9H3/b24-16?,27-10-,28-17?,29-16?,30-19?,31-18?,32-18?,33-17?,34-19?/t38-/m1/s1. The van der Waals surface area contributed by atoms with E-state index < -0.39 is 5.41 Å². The number of ether oxygens (including phenoxy) is 2. The minimum absolute atomic E-state index is 0.00160. The Morgan fingerprint density at radius 1 is 0.833 bits per heavy atom. The van der Waals surface area contributed by atoms with Gasteiger partial charge in [-0.2, -0.15) is 0 Å². The largest absolute Gasteiger partial charge is 0.469 e. The van der Waals surface area contributed by atoms with Crippen LogP contribution in [0, 0.1) is 13.8 Å². The highest BCUT2D eigenvalue weighted by Gasteiger charge is 2.40. The van der Waals surface area contributed by atoms with Crippen LogP contribution in [0.5, 0.6) is 0 Å². The molecule has 2 aliphatic heterocycles. The summed E-state index contributed by atoms with van der Waals surface area (Å²) in [4.78, 5) is 56.8. The molecule has 3 aromatic heterocycles. The zero-order valence-corrected chi connectivity index (χ0v) is 29.4. The Bertz CT molecular complexity index is 2030. The molecule has 48 heavy (non-hydrogen) atoms. The molecule has 0 saturated heterocycles. The first kappa shape index (κ1) is 34.3. The van der Waals surface area contributed by atoms with Gasteiger partial charge in [-0.05, 0) is 111 Å². The highest BCUT2D eigenvalue weighted by Crippen LogP contribution is 2.45. The second-order valence-electron chi connectivity index (χ2n) is 13.0. The number of aromatic amines is 2. The van der Waals surface area contributed by atoms with Crippen molar-refractivity contribution in [3.8, 4) is 0 Å². The maximum atomic E-state index is 13.3. The number of amides is 1. The molecule has 8 bridgehead atoms. The van der Waals surface area contributed by atoms with Crippen molar-refractivity contribution < 1.29 is 23.9 Å². The lowest BCUT2D eigenvalue weighted by atomic mass is 9.76. The van der Waals surface area contributed by atoms with Gasteiger partial charge in [0.2, 0.25) is 5.91 Å². The third-order valence-electron chi connectivity index (χ3n) is 9.63. The quantitative estimate of drug-likeness (QED) is 0.257. The Morgan fingerprint density at radius 2 is 1.50 bits per heavy atom. The van der Waals surface area contributed by atoms with E-state index >= 15 is 0 Å². The van der Waals surface area contributed by atoms with Gasteiger partial charge < -0.3 is 24.3 Å². The second-order valence-corrected chi connectivity index (χ2v) is 13.0. The Hall–Kier alpha value is -4.99. The van der Waals surface area contributed by atoms with Crippen LogP contribution >= 0.6 is 0 Å². The van der Waals surface area contributed by atoms with Crippen LogP contribution in [0.15, 0.2) is 36.4 Å². The van der Waals surface area contributed by atoms with E-state index in [0.29, 0.717) is 12.8 Å². The van der Waals surface area contributed by atoms with E-state index in [1.807, 2.05) is 45.0 Å². The molecule has 2 aliphatic rings. The number of methoxy groups -OCH3 is 2. The summed E-state index contributed by atoms with van der Waals surface area (Å²) in [5.41, 5.74) is 11.7. The normalized spacial score (nSPS) is 16.7. The van der Waals surface area contributed by atoms with Gasteiger partial charge >= 0.3 is 11.9 Å². The van der Waals surface area contributed by atoms with E-state index in [4.69, 9.17) is 19.4 Å². The van der Waals surface area contributed by atoms with Crippen molar-refractivity contribution >= 4 is 56.6 Å². The van der Waals surface area contributed by atoms with Gasteiger partial charge in [0.05, 0.1) is 37.0 Å². The van der Waals surface area contributed by atoms with Crippen LogP contribution in [0.25, 0.3) is 38.8 Å². The summed E-state index contributed by atoms with van der Waals surface area (Å²) >= 11 is 0. The topological polar surface area (TPSA) is 130 Å². The second kappa shape index (κ2) is 13.6. The number of fused-ring (bicyclic) bond motifs is 8. The molecule has 0 saturated carbocycles. The molecule has 10 heteroatoms. The van der Waals surface area contributed by atoms with Crippen LogP contribution in [-0.4, -0.2) is 71.0 Å². The average molecular weight is 652 g/mol. The van der Waals surface area contributed by atoms with Crippen LogP contribution in [0.2, 0.25) is 0 Å². The van der Waals surface area contributed by atoms with Crippen molar-refractivity contribution in [1.29, 1.82) is 0 Å². The summed E-state index contributed by atoms with van der Waals surface area (Å²) in [5.74, 6) is -0.588. The fraction of sp³-hybridized carbons (Fsp3) is 0.395. The van der Waals surface area contributed by atoms with E-state index in [1.54, 1.807) is 19.0 Å². The van der Waals surface area contributed by atoms with Gasteiger partial charge in [0.15, 0.2) is 0 Å². The van der Waals surface area contributed by atoms with E-state index in [-0.39, 0.29) is 37.1 Å². The summed E-state index contributed by atoms with van der Waals surface area (Å²) in [5, 5.41) is 0. The predicted octanol–water partition coefficient (Wildman–Crippen LogP) is 6.76. The maximum Gasteiger partial charge on any atom is 0.305 e. The average Bonchev–Trinajstić information content (AvgIpc) is 3.71. The molecular formula is C38H45N5O5. The third-order valence-corrected chi connectivity index (χ3v) is 9.63. The number of aromatic nitrogens is 4. The molecule has 0 aromatic carbocycles. The molecule has 1 atom stereocenters. The fourth-order valence-corrected chi connectivity index (χ4v) is 6.66. The molecule has 252 valence electrons. The van der Waals surface area contributed by atoms with Crippen molar-refractivity contribution in [2.75, 3.05) is 28.3 Å². The molecule has 0 radical (unpaired) electrons. The Morgan fingerprint density at radius 3 is 2.15 bits per heavy atom. The Balaban J connectivity index is 1.88. The number of allylic oxidation sites excluding steroid dienone is 4. The highest BCUT2D eigenvalue weighted by molar-refractivity contribution is 5.94. The monoisotopic (exact) mass is 651 g/mol. The van der Waals surface area contributed by atoms with Crippen LogP contribution in [0.4, 0.5) is 0 Å². The van der Waals surface area contributed by atoms with Crippen molar-refractivity contribution in [2.24, 2.45) is 0 Å². The van der Waals surface area contributed by atoms with E-state index in [1.165, 1.54) is 14.2 Å². The van der Waals surface area contributed by atoms with Gasteiger partial charge in [0.1, 0.15) is 0 Å². The first-order valence-corrected chi connectivity index (χ1v) is 16.2. The van der Waals surface area contributed by atoms with Crippen molar-refractivity contribution in [3.05, 3.63) is 75.9 Å². The zero-order chi connectivity index (χ0) is 34.9. The number of carbonyl (C=O) groups is 3. The SMILES string of the molecule is C/C=C1/c2cc3[nH]c(cc4nc(cc5[nH]c(cc(n2)[C@]1(C)CC(=O)N(C)C)c(C)c5CCC(=O)OC)C(CCC(=O)OC)=C4C)cc3C. The van der Waals surface area contributed by atoms with Gasteiger partial charge in [-0.1, -0.05) is 6.08 Å². The predicted molar refractivity (Wildman–Crippen MR) is 189 cm³/mol.